The molecule has 1 N–H and O–H groups in total. The Morgan fingerprint density at radius 1 is 1.11 bits per heavy atom. The van der Waals surface area contributed by atoms with Gasteiger partial charge in [-0.25, -0.2) is 4.39 Å². The van der Waals surface area contributed by atoms with Crippen molar-refractivity contribution < 1.29 is 22.4 Å². The lowest BCUT2D eigenvalue weighted by molar-refractivity contribution is -0.137. The molecule has 0 saturated carbocycles. The summed E-state index contributed by atoms with van der Waals surface area (Å²) in [7, 11) is 0. The fraction of sp³-hybridized carbons (Fsp3) is 0.100. The van der Waals surface area contributed by atoms with Crippen LogP contribution in [0.2, 0.25) is 0 Å². The Labute approximate surface area is 152 Å². The molecule has 1 heterocycles. The number of nitrogens with one attached hydrogen (secondary N) is 1. The SMILES string of the molecule is C=CC(=O)NCc1cc2cc(F)ccc2c(-c2ccc(C(F)(F)F)cc2)n1. The summed E-state index contributed by atoms with van der Waals surface area (Å²) < 4.78 is 52.0. The van der Waals surface area contributed by atoms with Crippen molar-refractivity contribution in [2.75, 3.05) is 0 Å². The van der Waals surface area contributed by atoms with Gasteiger partial charge in [-0.3, -0.25) is 9.78 Å². The Morgan fingerprint density at radius 3 is 2.44 bits per heavy atom. The summed E-state index contributed by atoms with van der Waals surface area (Å²) in [6.07, 6.45) is -3.33. The van der Waals surface area contributed by atoms with E-state index in [-0.39, 0.29) is 6.54 Å². The van der Waals surface area contributed by atoms with Crippen molar-refractivity contribution in [1.29, 1.82) is 0 Å². The Bertz CT molecular complexity index is 1010. The van der Waals surface area contributed by atoms with E-state index in [9.17, 15) is 22.4 Å². The Balaban J connectivity index is 2.09. The van der Waals surface area contributed by atoms with Crippen molar-refractivity contribution in [2.24, 2.45) is 0 Å². The number of carbonyl (C=O) groups excluding carboxylic acids is 1. The zero-order chi connectivity index (χ0) is 19.6. The summed E-state index contributed by atoms with van der Waals surface area (Å²) in [5.41, 5.74) is 0.537. The van der Waals surface area contributed by atoms with Crippen molar-refractivity contribution in [2.45, 2.75) is 12.7 Å². The van der Waals surface area contributed by atoms with E-state index in [1.165, 1.54) is 30.3 Å². The number of hydrogen-bond donors (Lipinski definition) is 1. The van der Waals surface area contributed by atoms with Gasteiger partial charge in [0.25, 0.3) is 0 Å². The Kier molecular flexibility index (Phi) is 4.94. The predicted octanol–water partition coefficient (Wildman–Crippen LogP) is 4.86. The molecule has 1 aromatic heterocycles. The zero-order valence-corrected chi connectivity index (χ0v) is 14.0. The van der Waals surface area contributed by atoms with E-state index in [2.05, 4.69) is 16.9 Å². The number of alkyl halides is 3. The number of amides is 1. The number of halogens is 4. The molecule has 0 atom stereocenters. The first-order valence-corrected chi connectivity index (χ1v) is 7.95. The van der Waals surface area contributed by atoms with Crippen molar-refractivity contribution >= 4 is 16.7 Å². The molecule has 7 heteroatoms. The van der Waals surface area contributed by atoms with Crippen LogP contribution in [0.25, 0.3) is 22.0 Å². The number of hydrogen-bond acceptors (Lipinski definition) is 2. The third-order valence-corrected chi connectivity index (χ3v) is 3.96. The van der Waals surface area contributed by atoms with Gasteiger partial charge in [-0.05, 0) is 47.9 Å². The van der Waals surface area contributed by atoms with Crippen LogP contribution in [0.3, 0.4) is 0 Å². The van der Waals surface area contributed by atoms with Crippen LogP contribution in [0, 0.1) is 5.82 Å². The van der Waals surface area contributed by atoms with Crippen LogP contribution in [0.1, 0.15) is 11.3 Å². The molecule has 3 rings (SSSR count). The van der Waals surface area contributed by atoms with Crippen LogP contribution in [-0.2, 0) is 17.5 Å². The minimum absolute atomic E-state index is 0.0743. The van der Waals surface area contributed by atoms with E-state index in [1.54, 1.807) is 6.07 Å². The molecule has 27 heavy (non-hydrogen) atoms. The van der Waals surface area contributed by atoms with Crippen LogP contribution in [0.15, 0.2) is 61.2 Å². The van der Waals surface area contributed by atoms with Crippen LogP contribution in [0.5, 0.6) is 0 Å². The standard InChI is InChI=1S/C20H14F4N2O/c1-2-18(27)25-11-16-10-13-9-15(21)7-8-17(13)19(26-16)12-3-5-14(6-4-12)20(22,23)24/h2-10H,1,11H2,(H,25,27). The Morgan fingerprint density at radius 2 is 1.81 bits per heavy atom. The van der Waals surface area contributed by atoms with Crippen molar-refractivity contribution in [3.8, 4) is 11.3 Å². The molecule has 0 fully saturated rings. The smallest absolute Gasteiger partial charge is 0.347 e. The maximum absolute atomic E-state index is 13.6. The van der Waals surface area contributed by atoms with E-state index >= 15 is 0 Å². The number of carbonyl (C=O) groups is 1. The minimum atomic E-state index is -4.44. The van der Waals surface area contributed by atoms with Gasteiger partial charge in [0.05, 0.1) is 23.5 Å². The molecule has 1 amide bonds. The Hall–Kier alpha value is -3.22. The second-order valence-electron chi connectivity index (χ2n) is 5.82. The normalized spacial score (nSPS) is 11.4. The first-order valence-electron chi connectivity index (χ1n) is 7.95. The van der Waals surface area contributed by atoms with Gasteiger partial charge < -0.3 is 5.32 Å². The summed E-state index contributed by atoms with van der Waals surface area (Å²) in [4.78, 5) is 15.8. The van der Waals surface area contributed by atoms with Crippen molar-refractivity contribution in [3.05, 3.63) is 78.3 Å². The summed E-state index contributed by atoms with van der Waals surface area (Å²) in [6.45, 7) is 3.43. The van der Waals surface area contributed by atoms with Crippen LogP contribution >= 0.6 is 0 Å². The number of fused-ring (bicyclic) bond motifs is 1. The molecule has 3 aromatic rings. The minimum Gasteiger partial charge on any atom is -0.347 e. The lowest BCUT2D eigenvalue weighted by atomic mass is 10.0. The number of pyridine rings is 1. The van der Waals surface area contributed by atoms with E-state index in [0.717, 1.165) is 18.2 Å². The average Bonchev–Trinajstić information content (AvgIpc) is 2.64. The van der Waals surface area contributed by atoms with E-state index in [1.807, 2.05) is 0 Å². The highest BCUT2D eigenvalue weighted by atomic mass is 19.4. The lowest BCUT2D eigenvalue weighted by Gasteiger charge is -2.12. The fourth-order valence-electron chi connectivity index (χ4n) is 2.66. The number of rotatable bonds is 4. The molecule has 3 nitrogen and oxygen atoms in total. The summed E-state index contributed by atoms with van der Waals surface area (Å²) in [5.74, 6) is -0.847. The highest BCUT2D eigenvalue weighted by molar-refractivity contribution is 5.95. The molecule has 0 spiro atoms. The number of aromatic nitrogens is 1. The summed E-state index contributed by atoms with van der Waals surface area (Å²) >= 11 is 0. The second-order valence-corrected chi connectivity index (χ2v) is 5.82. The van der Waals surface area contributed by atoms with Gasteiger partial charge in [0, 0.05) is 10.9 Å². The van der Waals surface area contributed by atoms with E-state index in [4.69, 9.17) is 0 Å². The van der Waals surface area contributed by atoms with E-state index in [0.29, 0.717) is 27.7 Å². The van der Waals surface area contributed by atoms with Crippen LogP contribution in [-0.4, -0.2) is 10.9 Å². The first-order chi connectivity index (χ1) is 12.8. The first kappa shape index (κ1) is 18.6. The topological polar surface area (TPSA) is 42.0 Å². The molecule has 0 aliphatic heterocycles. The van der Waals surface area contributed by atoms with Gasteiger partial charge in [-0.2, -0.15) is 13.2 Å². The number of nitrogens with zero attached hydrogens (tertiary/aromatic N) is 1. The zero-order valence-electron chi connectivity index (χ0n) is 14.0. The molecule has 0 unspecified atom stereocenters. The number of benzene rings is 2. The van der Waals surface area contributed by atoms with Gasteiger partial charge in [-0.15, -0.1) is 0 Å². The quantitative estimate of drug-likeness (QED) is 0.523. The molecule has 138 valence electrons. The largest absolute Gasteiger partial charge is 0.416 e. The average molecular weight is 374 g/mol. The molecule has 0 bridgehead atoms. The van der Waals surface area contributed by atoms with Gasteiger partial charge >= 0.3 is 6.18 Å². The third kappa shape index (κ3) is 4.13. The highest BCUT2D eigenvalue weighted by Gasteiger charge is 2.30. The van der Waals surface area contributed by atoms with Crippen LogP contribution < -0.4 is 5.32 Å². The molecule has 0 saturated heterocycles. The molecule has 0 aliphatic carbocycles. The van der Waals surface area contributed by atoms with Crippen LogP contribution in [0.4, 0.5) is 17.6 Å². The van der Waals surface area contributed by atoms with Gasteiger partial charge in [0.15, 0.2) is 0 Å². The summed E-state index contributed by atoms with van der Waals surface area (Å²) in [5, 5.41) is 3.70. The molecule has 0 radical (unpaired) electrons. The van der Waals surface area contributed by atoms with Gasteiger partial charge in [0.2, 0.25) is 5.91 Å². The summed E-state index contributed by atoms with van der Waals surface area (Å²) in [6, 6.07) is 10.3. The second kappa shape index (κ2) is 7.19. The maximum atomic E-state index is 13.6. The third-order valence-electron chi connectivity index (χ3n) is 3.96. The molecule has 2 aromatic carbocycles. The van der Waals surface area contributed by atoms with Crippen molar-refractivity contribution in [1.82, 2.24) is 10.3 Å². The lowest BCUT2D eigenvalue weighted by Crippen LogP contribution is -2.20. The van der Waals surface area contributed by atoms with E-state index < -0.39 is 23.5 Å². The molecule has 0 aliphatic rings. The molecular formula is C20H14F4N2O. The predicted molar refractivity (Wildman–Crippen MR) is 94.2 cm³/mol. The van der Waals surface area contributed by atoms with Gasteiger partial charge in [0.1, 0.15) is 5.82 Å². The molecular weight excluding hydrogens is 360 g/mol. The fourth-order valence-corrected chi connectivity index (χ4v) is 2.66. The maximum Gasteiger partial charge on any atom is 0.416 e. The van der Waals surface area contributed by atoms with Gasteiger partial charge in [-0.1, -0.05) is 18.7 Å². The monoisotopic (exact) mass is 374 g/mol. The highest BCUT2D eigenvalue weighted by Crippen LogP contribution is 2.33. The van der Waals surface area contributed by atoms with Crippen molar-refractivity contribution in [3.63, 3.8) is 0 Å².